The Morgan fingerprint density at radius 1 is 1.38 bits per heavy atom. The van der Waals surface area contributed by atoms with Crippen LogP contribution >= 0.6 is 0 Å². The van der Waals surface area contributed by atoms with Crippen molar-refractivity contribution >= 4 is 10.2 Å². The molecular weight excluding hydrogens is 231 g/mol. The summed E-state index contributed by atoms with van der Waals surface area (Å²) in [6.07, 6.45) is 0. The van der Waals surface area contributed by atoms with Crippen molar-refractivity contribution in [2.75, 3.05) is 13.1 Å². The van der Waals surface area contributed by atoms with E-state index in [1.807, 2.05) is 31.2 Å². The number of benzene rings is 1. The molecule has 0 unspecified atom stereocenters. The lowest BCUT2D eigenvalue weighted by Crippen LogP contribution is -2.51. The van der Waals surface area contributed by atoms with E-state index in [9.17, 15) is 12.9 Å². The molecule has 1 aliphatic rings. The van der Waals surface area contributed by atoms with Crippen LogP contribution in [-0.2, 0) is 10.2 Å². The SMILES string of the molecule is Cc1ccccc1C1CN(S(=O)(=O)NF)C1. The lowest BCUT2D eigenvalue weighted by Gasteiger charge is -2.37. The zero-order valence-electron chi connectivity index (χ0n) is 8.85. The molecule has 1 aromatic carbocycles. The monoisotopic (exact) mass is 244 g/mol. The van der Waals surface area contributed by atoms with Gasteiger partial charge in [0.05, 0.1) is 0 Å². The Bertz CT molecular complexity index is 483. The van der Waals surface area contributed by atoms with Crippen molar-refractivity contribution in [2.24, 2.45) is 0 Å². The highest BCUT2D eigenvalue weighted by molar-refractivity contribution is 7.87. The van der Waals surface area contributed by atoms with Gasteiger partial charge in [-0.15, -0.1) is 4.48 Å². The largest absolute Gasteiger partial charge is 0.305 e. The normalized spacial score (nSPS) is 18.4. The second-order valence-corrected chi connectivity index (χ2v) is 5.57. The maximum atomic E-state index is 12.0. The Hall–Kier alpha value is -0.980. The topological polar surface area (TPSA) is 49.4 Å². The molecule has 0 radical (unpaired) electrons. The fraction of sp³-hybridized carbons (Fsp3) is 0.400. The summed E-state index contributed by atoms with van der Waals surface area (Å²) in [5, 5.41) is 0. The molecule has 1 saturated heterocycles. The van der Waals surface area contributed by atoms with Crippen LogP contribution in [0.1, 0.15) is 17.0 Å². The maximum Gasteiger partial charge on any atom is 0.305 e. The van der Waals surface area contributed by atoms with E-state index < -0.39 is 10.2 Å². The van der Waals surface area contributed by atoms with Crippen LogP contribution in [0.5, 0.6) is 0 Å². The molecule has 1 fully saturated rings. The smallest absolute Gasteiger partial charge is 0.193 e. The summed E-state index contributed by atoms with van der Waals surface area (Å²) in [5.41, 5.74) is 2.27. The molecule has 1 aliphatic heterocycles. The van der Waals surface area contributed by atoms with Gasteiger partial charge in [0, 0.05) is 19.0 Å². The number of halogens is 1. The van der Waals surface area contributed by atoms with Gasteiger partial charge >= 0.3 is 10.2 Å². The average molecular weight is 244 g/mol. The summed E-state index contributed by atoms with van der Waals surface area (Å²) >= 11 is 0. The van der Waals surface area contributed by atoms with Crippen LogP contribution < -0.4 is 4.94 Å². The molecule has 0 saturated carbocycles. The Labute approximate surface area is 94.2 Å². The molecule has 1 heterocycles. The lowest BCUT2D eigenvalue weighted by atomic mass is 9.90. The summed E-state index contributed by atoms with van der Waals surface area (Å²) in [6, 6.07) is 7.83. The number of hydrogen-bond acceptors (Lipinski definition) is 2. The molecule has 0 aliphatic carbocycles. The number of hydrogen-bond donors (Lipinski definition) is 1. The minimum atomic E-state index is -3.90. The van der Waals surface area contributed by atoms with Gasteiger partial charge in [-0.3, -0.25) is 0 Å². The first-order valence-corrected chi connectivity index (χ1v) is 6.41. The quantitative estimate of drug-likeness (QED) is 0.810. The summed E-state index contributed by atoms with van der Waals surface area (Å²) in [5.74, 6) is 0.171. The fourth-order valence-electron chi connectivity index (χ4n) is 1.92. The van der Waals surface area contributed by atoms with E-state index in [1.54, 1.807) is 0 Å². The summed E-state index contributed by atoms with van der Waals surface area (Å²) in [7, 11) is -3.90. The van der Waals surface area contributed by atoms with Gasteiger partial charge < -0.3 is 0 Å². The lowest BCUT2D eigenvalue weighted by molar-refractivity contribution is 0.247. The van der Waals surface area contributed by atoms with E-state index >= 15 is 0 Å². The molecule has 0 bridgehead atoms. The molecule has 16 heavy (non-hydrogen) atoms. The van der Waals surface area contributed by atoms with Gasteiger partial charge in [-0.25, -0.2) is 0 Å². The van der Waals surface area contributed by atoms with Crippen molar-refractivity contribution in [3.8, 4) is 0 Å². The fourth-order valence-corrected chi connectivity index (χ4v) is 2.77. The highest BCUT2D eigenvalue weighted by atomic mass is 32.2. The third kappa shape index (κ3) is 1.95. The van der Waals surface area contributed by atoms with Gasteiger partial charge in [0.15, 0.2) is 0 Å². The van der Waals surface area contributed by atoms with E-state index in [4.69, 9.17) is 0 Å². The van der Waals surface area contributed by atoms with E-state index in [-0.39, 0.29) is 5.92 Å². The van der Waals surface area contributed by atoms with Crippen molar-refractivity contribution < 1.29 is 12.9 Å². The third-order valence-electron chi connectivity index (χ3n) is 2.91. The Kier molecular flexibility index (Phi) is 2.96. The predicted molar refractivity (Wildman–Crippen MR) is 58.7 cm³/mol. The van der Waals surface area contributed by atoms with E-state index in [1.165, 1.54) is 0 Å². The van der Waals surface area contributed by atoms with Gasteiger partial charge in [-0.2, -0.15) is 12.7 Å². The van der Waals surface area contributed by atoms with Crippen LogP contribution in [0.15, 0.2) is 24.3 Å². The van der Waals surface area contributed by atoms with E-state index in [0.29, 0.717) is 13.1 Å². The Morgan fingerprint density at radius 2 is 2.00 bits per heavy atom. The molecule has 6 heteroatoms. The molecule has 2 rings (SSSR count). The van der Waals surface area contributed by atoms with Crippen LogP contribution in [-0.4, -0.2) is 25.8 Å². The number of nitrogens with zero attached hydrogens (tertiary/aromatic N) is 1. The highest BCUT2D eigenvalue weighted by Crippen LogP contribution is 2.30. The highest BCUT2D eigenvalue weighted by Gasteiger charge is 2.37. The van der Waals surface area contributed by atoms with Crippen molar-refractivity contribution in [1.29, 1.82) is 0 Å². The first kappa shape index (κ1) is 11.5. The second-order valence-electron chi connectivity index (χ2n) is 3.95. The van der Waals surface area contributed by atoms with E-state index in [0.717, 1.165) is 20.4 Å². The van der Waals surface area contributed by atoms with Crippen LogP contribution in [0.3, 0.4) is 0 Å². The molecule has 88 valence electrons. The maximum absolute atomic E-state index is 12.0. The van der Waals surface area contributed by atoms with Crippen molar-refractivity contribution in [3.63, 3.8) is 0 Å². The molecule has 0 amide bonds. The van der Waals surface area contributed by atoms with Crippen molar-refractivity contribution in [3.05, 3.63) is 35.4 Å². The summed E-state index contributed by atoms with van der Waals surface area (Å²) in [4.78, 5) is 0.828. The van der Waals surface area contributed by atoms with Crippen LogP contribution in [0.25, 0.3) is 0 Å². The van der Waals surface area contributed by atoms with Crippen LogP contribution in [0, 0.1) is 6.92 Å². The molecule has 0 atom stereocenters. The minimum Gasteiger partial charge on any atom is -0.193 e. The molecule has 0 aromatic heterocycles. The van der Waals surface area contributed by atoms with Gasteiger partial charge in [-0.05, 0) is 23.0 Å². The molecule has 1 aromatic rings. The zero-order chi connectivity index (χ0) is 11.8. The predicted octanol–water partition coefficient (Wildman–Crippen LogP) is 1.11. The van der Waals surface area contributed by atoms with Crippen LogP contribution in [0.2, 0.25) is 0 Å². The van der Waals surface area contributed by atoms with Crippen molar-refractivity contribution in [2.45, 2.75) is 12.8 Å². The first-order valence-electron chi connectivity index (χ1n) is 4.97. The summed E-state index contributed by atoms with van der Waals surface area (Å²) in [6.45, 7) is 2.66. The number of aryl methyl sites for hydroxylation is 1. The first-order chi connectivity index (χ1) is 7.54. The molecule has 1 N–H and O–H groups in total. The number of rotatable bonds is 3. The van der Waals surface area contributed by atoms with Gasteiger partial charge in [0.25, 0.3) is 0 Å². The van der Waals surface area contributed by atoms with Gasteiger partial charge in [0.1, 0.15) is 0 Å². The third-order valence-corrected chi connectivity index (χ3v) is 4.09. The second kappa shape index (κ2) is 4.12. The number of nitrogens with one attached hydrogen (secondary N) is 1. The zero-order valence-corrected chi connectivity index (χ0v) is 9.67. The molecule has 0 spiro atoms. The average Bonchev–Trinajstić information content (AvgIpc) is 2.18. The standard InChI is InChI=1S/C10H13FN2O2S/c1-8-4-2-3-5-10(8)9-6-13(7-9)16(14,15)12-11/h2-5,9,12H,6-7H2,1H3. The van der Waals surface area contributed by atoms with E-state index in [2.05, 4.69) is 0 Å². The molecular formula is C10H13FN2O2S. The van der Waals surface area contributed by atoms with Gasteiger partial charge in [-0.1, -0.05) is 24.3 Å². The Morgan fingerprint density at radius 3 is 2.56 bits per heavy atom. The Balaban J connectivity index is 2.07. The van der Waals surface area contributed by atoms with Crippen LogP contribution in [0.4, 0.5) is 4.48 Å². The van der Waals surface area contributed by atoms with Crippen molar-refractivity contribution in [1.82, 2.24) is 9.25 Å². The minimum absolute atomic E-state index is 0.171. The van der Waals surface area contributed by atoms with Gasteiger partial charge in [0.2, 0.25) is 0 Å². The molecule has 4 nitrogen and oxygen atoms in total. The summed E-state index contributed by atoms with van der Waals surface area (Å²) < 4.78 is 35.2.